The van der Waals surface area contributed by atoms with Crippen molar-refractivity contribution in [2.75, 3.05) is 17.2 Å². The Hall–Kier alpha value is -4.01. The van der Waals surface area contributed by atoms with Gasteiger partial charge < -0.3 is 15.4 Å². The highest BCUT2D eigenvalue weighted by molar-refractivity contribution is 6.22. The largest absolute Gasteiger partial charge is 0.454 e. The summed E-state index contributed by atoms with van der Waals surface area (Å²) < 4.78 is 4.97. The SMILES string of the molecule is CC(=O)Nc1cccc(NC(=O)COC(=O)[C@H](C)N2C(=O)c3ccccc3C2=O)c1. The van der Waals surface area contributed by atoms with E-state index in [0.29, 0.717) is 11.4 Å². The van der Waals surface area contributed by atoms with Gasteiger partial charge in [0, 0.05) is 18.3 Å². The number of carbonyl (C=O) groups is 5. The average molecular weight is 409 g/mol. The number of hydrogen-bond donors (Lipinski definition) is 2. The van der Waals surface area contributed by atoms with Crippen molar-refractivity contribution in [2.24, 2.45) is 0 Å². The van der Waals surface area contributed by atoms with Crippen LogP contribution in [0.1, 0.15) is 34.6 Å². The summed E-state index contributed by atoms with van der Waals surface area (Å²) in [6.07, 6.45) is 0. The highest BCUT2D eigenvalue weighted by atomic mass is 16.5. The third-order valence-corrected chi connectivity index (χ3v) is 4.37. The van der Waals surface area contributed by atoms with Gasteiger partial charge in [0.05, 0.1) is 11.1 Å². The van der Waals surface area contributed by atoms with Crippen LogP contribution in [0.25, 0.3) is 0 Å². The summed E-state index contributed by atoms with van der Waals surface area (Å²) in [5.74, 6) is -2.92. The number of nitrogens with zero attached hydrogens (tertiary/aromatic N) is 1. The van der Waals surface area contributed by atoms with E-state index in [9.17, 15) is 24.0 Å². The van der Waals surface area contributed by atoms with Crippen LogP contribution in [0.3, 0.4) is 0 Å². The van der Waals surface area contributed by atoms with E-state index in [1.54, 1.807) is 36.4 Å². The second kappa shape index (κ2) is 8.56. The van der Waals surface area contributed by atoms with E-state index in [4.69, 9.17) is 4.74 Å². The molecule has 0 aromatic heterocycles. The zero-order valence-electron chi connectivity index (χ0n) is 16.3. The predicted molar refractivity (Wildman–Crippen MR) is 107 cm³/mol. The number of ether oxygens (including phenoxy) is 1. The van der Waals surface area contributed by atoms with Crippen LogP contribution in [0.5, 0.6) is 0 Å². The monoisotopic (exact) mass is 409 g/mol. The molecule has 4 amide bonds. The fraction of sp³-hybridized carbons (Fsp3) is 0.190. The smallest absolute Gasteiger partial charge is 0.329 e. The average Bonchev–Trinajstić information content (AvgIpc) is 2.96. The molecule has 3 rings (SSSR count). The first-order valence-corrected chi connectivity index (χ1v) is 9.09. The molecule has 0 unspecified atom stereocenters. The number of carbonyl (C=O) groups excluding carboxylic acids is 5. The Bertz CT molecular complexity index is 1010. The number of anilines is 2. The summed E-state index contributed by atoms with van der Waals surface area (Å²) >= 11 is 0. The van der Waals surface area contributed by atoms with Gasteiger partial charge in [0.1, 0.15) is 6.04 Å². The predicted octanol–water partition coefficient (Wildman–Crippen LogP) is 1.81. The topological polar surface area (TPSA) is 122 Å². The van der Waals surface area contributed by atoms with Gasteiger partial charge in [-0.25, -0.2) is 4.79 Å². The minimum Gasteiger partial charge on any atom is -0.454 e. The number of fused-ring (bicyclic) bond motifs is 1. The lowest BCUT2D eigenvalue weighted by molar-refractivity contribution is -0.150. The fourth-order valence-electron chi connectivity index (χ4n) is 3.00. The van der Waals surface area contributed by atoms with Crippen molar-refractivity contribution >= 4 is 41.0 Å². The molecule has 2 aromatic rings. The van der Waals surface area contributed by atoms with Crippen LogP contribution < -0.4 is 10.6 Å². The number of nitrogens with one attached hydrogen (secondary N) is 2. The molecule has 1 aliphatic rings. The maximum atomic E-state index is 12.4. The van der Waals surface area contributed by atoms with Crippen LogP contribution in [-0.2, 0) is 19.1 Å². The molecule has 154 valence electrons. The van der Waals surface area contributed by atoms with Gasteiger partial charge in [0.15, 0.2) is 6.61 Å². The molecule has 0 fully saturated rings. The maximum absolute atomic E-state index is 12.4. The molecule has 0 saturated heterocycles. The number of esters is 1. The van der Waals surface area contributed by atoms with Crippen LogP contribution in [0.4, 0.5) is 11.4 Å². The van der Waals surface area contributed by atoms with Crippen molar-refractivity contribution < 1.29 is 28.7 Å². The number of amides is 4. The van der Waals surface area contributed by atoms with Crippen molar-refractivity contribution in [3.8, 4) is 0 Å². The number of imide groups is 1. The molecule has 0 spiro atoms. The van der Waals surface area contributed by atoms with Crippen molar-refractivity contribution in [3.63, 3.8) is 0 Å². The van der Waals surface area contributed by atoms with Crippen LogP contribution in [0, 0.1) is 0 Å². The Labute approximate surface area is 172 Å². The molecule has 0 saturated carbocycles. The van der Waals surface area contributed by atoms with Gasteiger partial charge in [0.2, 0.25) is 5.91 Å². The van der Waals surface area contributed by atoms with E-state index in [1.807, 2.05) is 0 Å². The quantitative estimate of drug-likeness (QED) is 0.554. The number of benzene rings is 2. The van der Waals surface area contributed by atoms with Crippen LogP contribution in [0.2, 0.25) is 0 Å². The van der Waals surface area contributed by atoms with Crippen molar-refractivity contribution in [2.45, 2.75) is 19.9 Å². The summed E-state index contributed by atoms with van der Waals surface area (Å²) in [4.78, 5) is 61.2. The third-order valence-electron chi connectivity index (χ3n) is 4.37. The summed E-state index contributed by atoms with van der Waals surface area (Å²) in [5, 5.41) is 5.12. The molecule has 0 aliphatic carbocycles. The van der Waals surface area contributed by atoms with E-state index in [2.05, 4.69) is 10.6 Å². The van der Waals surface area contributed by atoms with Gasteiger partial charge >= 0.3 is 5.97 Å². The van der Waals surface area contributed by atoms with E-state index >= 15 is 0 Å². The van der Waals surface area contributed by atoms with Crippen molar-refractivity contribution in [1.82, 2.24) is 4.90 Å². The molecular formula is C21H19N3O6. The summed E-state index contributed by atoms with van der Waals surface area (Å²) in [6, 6.07) is 11.5. The highest BCUT2D eigenvalue weighted by Gasteiger charge is 2.41. The lowest BCUT2D eigenvalue weighted by Crippen LogP contribution is -2.44. The van der Waals surface area contributed by atoms with E-state index in [1.165, 1.54) is 26.0 Å². The summed E-state index contributed by atoms with van der Waals surface area (Å²) in [7, 11) is 0. The van der Waals surface area contributed by atoms with Gasteiger partial charge in [-0.1, -0.05) is 18.2 Å². The second-order valence-corrected chi connectivity index (χ2v) is 6.62. The molecule has 0 bridgehead atoms. The molecule has 1 atom stereocenters. The molecule has 0 radical (unpaired) electrons. The third kappa shape index (κ3) is 4.35. The van der Waals surface area contributed by atoms with E-state index < -0.39 is 36.3 Å². The zero-order valence-corrected chi connectivity index (χ0v) is 16.3. The first kappa shape index (κ1) is 20.7. The molecule has 1 aliphatic heterocycles. The van der Waals surface area contributed by atoms with Crippen LogP contribution >= 0.6 is 0 Å². The van der Waals surface area contributed by atoms with E-state index in [0.717, 1.165) is 4.90 Å². The first-order chi connectivity index (χ1) is 14.3. The molecule has 30 heavy (non-hydrogen) atoms. The number of rotatable bonds is 6. The normalized spacial score (nSPS) is 13.5. The minimum atomic E-state index is -1.19. The minimum absolute atomic E-state index is 0.221. The van der Waals surface area contributed by atoms with Gasteiger partial charge in [-0.15, -0.1) is 0 Å². The molecule has 2 N–H and O–H groups in total. The summed E-state index contributed by atoms with van der Waals surface area (Å²) in [6.45, 7) is 2.12. The van der Waals surface area contributed by atoms with Crippen molar-refractivity contribution in [3.05, 3.63) is 59.7 Å². The Morgan fingerprint density at radius 2 is 1.50 bits per heavy atom. The molecule has 2 aromatic carbocycles. The van der Waals surface area contributed by atoms with Gasteiger partial charge in [-0.05, 0) is 37.3 Å². The Morgan fingerprint density at radius 1 is 0.933 bits per heavy atom. The molecule has 9 heteroatoms. The van der Waals surface area contributed by atoms with Gasteiger partial charge in [-0.2, -0.15) is 0 Å². The fourth-order valence-corrected chi connectivity index (χ4v) is 3.00. The first-order valence-electron chi connectivity index (χ1n) is 9.09. The zero-order chi connectivity index (χ0) is 21.8. The van der Waals surface area contributed by atoms with Crippen LogP contribution in [0.15, 0.2) is 48.5 Å². The Balaban J connectivity index is 1.57. The second-order valence-electron chi connectivity index (χ2n) is 6.62. The molecular weight excluding hydrogens is 390 g/mol. The maximum Gasteiger partial charge on any atom is 0.329 e. The van der Waals surface area contributed by atoms with Crippen LogP contribution in [-0.4, -0.2) is 47.1 Å². The van der Waals surface area contributed by atoms with Crippen molar-refractivity contribution in [1.29, 1.82) is 0 Å². The molecule has 1 heterocycles. The van der Waals surface area contributed by atoms with Gasteiger partial charge in [0.25, 0.3) is 17.7 Å². The van der Waals surface area contributed by atoms with E-state index in [-0.39, 0.29) is 17.0 Å². The standard InChI is InChI=1S/C21H19N3O6/c1-12(24-19(27)16-8-3-4-9-17(16)20(24)28)21(29)30-11-18(26)23-15-7-5-6-14(10-15)22-13(2)25/h3-10,12H,11H2,1-2H3,(H,22,25)(H,23,26)/t12-/m0/s1. The Morgan fingerprint density at radius 3 is 2.07 bits per heavy atom. The lowest BCUT2D eigenvalue weighted by atomic mass is 10.1. The molecule has 9 nitrogen and oxygen atoms in total. The number of hydrogen-bond acceptors (Lipinski definition) is 6. The van der Waals surface area contributed by atoms with Gasteiger partial charge in [-0.3, -0.25) is 24.1 Å². The highest BCUT2D eigenvalue weighted by Crippen LogP contribution is 2.24. The summed E-state index contributed by atoms with van der Waals surface area (Å²) in [5.41, 5.74) is 1.34. The Kier molecular flexibility index (Phi) is 5.91. The lowest BCUT2D eigenvalue weighted by Gasteiger charge is -2.20.